The summed E-state index contributed by atoms with van der Waals surface area (Å²) >= 11 is 0. The van der Waals surface area contributed by atoms with E-state index in [1.54, 1.807) is 23.6 Å². The number of nitriles is 1. The molecule has 8 nitrogen and oxygen atoms in total. The number of ether oxygens (including phenoxy) is 1. The standard InChI is InChI=1S/C15H28N3O5P/c1-6-21-24(20,22-7-2)13(12-16)17-8-10-18(11-9-17)14(19)23-15(3,4)5/h13H,6-11H2,1-5H3. The first-order valence-electron chi connectivity index (χ1n) is 8.17. The zero-order chi connectivity index (χ0) is 18.4. The summed E-state index contributed by atoms with van der Waals surface area (Å²) < 4.78 is 28.7. The lowest BCUT2D eigenvalue weighted by Gasteiger charge is -2.38. The Morgan fingerprint density at radius 1 is 1.17 bits per heavy atom. The first-order chi connectivity index (χ1) is 11.2. The molecule has 1 saturated heterocycles. The Kier molecular flexibility index (Phi) is 7.68. The Morgan fingerprint density at radius 3 is 2.04 bits per heavy atom. The van der Waals surface area contributed by atoms with E-state index in [0.717, 1.165) is 0 Å². The third-order valence-corrected chi connectivity index (χ3v) is 5.62. The first kappa shape index (κ1) is 20.9. The molecule has 1 atom stereocenters. The zero-order valence-electron chi connectivity index (χ0n) is 15.2. The molecule has 1 heterocycles. The summed E-state index contributed by atoms with van der Waals surface area (Å²) in [7, 11) is -3.54. The van der Waals surface area contributed by atoms with Gasteiger partial charge in [0.15, 0.2) is 0 Å². The van der Waals surface area contributed by atoms with Crippen LogP contribution in [-0.2, 0) is 18.3 Å². The minimum atomic E-state index is -3.54. The summed E-state index contributed by atoms with van der Waals surface area (Å²) in [6.07, 6.45) is -0.381. The predicted octanol–water partition coefficient (Wildman–Crippen LogP) is 2.65. The van der Waals surface area contributed by atoms with Gasteiger partial charge < -0.3 is 18.7 Å². The first-order valence-corrected chi connectivity index (χ1v) is 9.78. The van der Waals surface area contributed by atoms with Gasteiger partial charge in [0.25, 0.3) is 0 Å². The molecule has 1 amide bonds. The van der Waals surface area contributed by atoms with Crippen molar-refractivity contribution in [1.82, 2.24) is 9.80 Å². The summed E-state index contributed by atoms with van der Waals surface area (Å²) in [6.45, 7) is 10.9. The predicted molar refractivity (Wildman–Crippen MR) is 89.6 cm³/mol. The Hall–Kier alpha value is -1.13. The van der Waals surface area contributed by atoms with Gasteiger partial charge in [0.05, 0.1) is 19.3 Å². The van der Waals surface area contributed by atoms with Crippen molar-refractivity contribution in [3.05, 3.63) is 0 Å². The maximum Gasteiger partial charge on any atom is 0.410 e. The van der Waals surface area contributed by atoms with E-state index in [-0.39, 0.29) is 19.3 Å². The van der Waals surface area contributed by atoms with Gasteiger partial charge in [0, 0.05) is 26.2 Å². The van der Waals surface area contributed by atoms with Gasteiger partial charge in [-0.1, -0.05) is 0 Å². The number of rotatable bonds is 6. The Bertz CT molecular complexity index is 496. The molecule has 1 unspecified atom stereocenters. The van der Waals surface area contributed by atoms with Crippen molar-refractivity contribution >= 4 is 13.7 Å². The highest BCUT2D eigenvalue weighted by Crippen LogP contribution is 2.54. The second-order valence-corrected chi connectivity index (χ2v) is 8.47. The lowest BCUT2D eigenvalue weighted by Crippen LogP contribution is -2.52. The summed E-state index contributed by atoms with van der Waals surface area (Å²) in [6, 6.07) is 2.04. The molecule has 0 N–H and O–H groups in total. The third-order valence-electron chi connectivity index (χ3n) is 3.34. The summed E-state index contributed by atoms with van der Waals surface area (Å²) in [5.74, 6) is -0.974. The van der Waals surface area contributed by atoms with Crippen molar-refractivity contribution in [2.24, 2.45) is 0 Å². The average molecular weight is 361 g/mol. The van der Waals surface area contributed by atoms with E-state index >= 15 is 0 Å². The molecular formula is C15H28N3O5P. The molecule has 0 aromatic heterocycles. The molecule has 0 aromatic rings. The van der Waals surface area contributed by atoms with E-state index in [0.29, 0.717) is 26.2 Å². The smallest absolute Gasteiger partial charge is 0.410 e. The largest absolute Gasteiger partial charge is 0.444 e. The minimum Gasteiger partial charge on any atom is -0.444 e. The van der Waals surface area contributed by atoms with Crippen LogP contribution in [0.3, 0.4) is 0 Å². The fourth-order valence-corrected chi connectivity index (χ4v) is 4.22. The van der Waals surface area contributed by atoms with E-state index in [1.165, 1.54) is 0 Å². The number of piperazine rings is 1. The molecule has 1 fully saturated rings. The van der Waals surface area contributed by atoms with Gasteiger partial charge >= 0.3 is 13.7 Å². The van der Waals surface area contributed by atoms with Crippen LogP contribution in [-0.4, -0.2) is 66.7 Å². The normalized spacial score (nSPS) is 18.1. The van der Waals surface area contributed by atoms with E-state index < -0.39 is 19.0 Å². The average Bonchev–Trinajstić information content (AvgIpc) is 2.47. The molecule has 9 heteroatoms. The molecule has 1 aliphatic rings. The van der Waals surface area contributed by atoms with Gasteiger partial charge in [-0.3, -0.25) is 9.46 Å². The van der Waals surface area contributed by atoms with Crippen LogP contribution in [0.2, 0.25) is 0 Å². The fourth-order valence-electron chi connectivity index (χ4n) is 2.37. The molecular weight excluding hydrogens is 333 g/mol. The number of hydrogen-bond acceptors (Lipinski definition) is 7. The van der Waals surface area contributed by atoms with Crippen LogP contribution in [0.15, 0.2) is 0 Å². The quantitative estimate of drug-likeness (QED) is 0.672. The zero-order valence-corrected chi connectivity index (χ0v) is 16.0. The number of hydrogen-bond donors (Lipinski definition) is 0. The molecule has 24 heavy (non-hydrogen) atoms. The molecule has 0 saturated carbocycles. The van der Waals surface area contributed by atoms with Crippen molar-refractivity contribution in [2.45, 2.75) is 46.0 Å². The van der Waals surface area contributed by atoms with Crippen molar-refractivity contribution in [3.8, 4) is 6.07 Å². The Morgan fingerprint density at radius 2 is 1.67 bits per heavy atom. The summed E-state index contributed by atoms with van der Waals surface area (Å²) in [5, 5.41) is 9.47. The molecule has 0 spiro atoms. The van der Waals surface area contributed by atoms with Gasteiger partial charge in [-0.05, 0) is 34.6 Å². The molecule has 138 valence electrons. The highest BCUT2D eigenvalue weighted by Gasteiger charge is 2.42. The Labute approximate surface area is 144 Å². The lowest BCUT2D eigenvalue weighted by molar-refractivity contribution is 0.0138. The third kappa shape index (κ3) is 5.75. The summed E-state index contributed by atoms with van der Waals surface area (Å²) in [4.78, 5) is 15.4. The van der Waals surface area contributed by atoms with Crippen LogP contribution < -0.4 is 0 Å². The summed E-state index contributed by atoms with van der Waals surface area (Å²) in [5.41, 5.74) is -0.553. The van der Waals surface area contributed by atoms with Crippen LogP contribution in [0, 0.1) is 11.3 Å². The maximum atomic E-state index is 12.8. The molecule has 0 bridgehead atoms. The molecule has 1 aliphatic heterocycles. The second kappa shape index (κ2) is 8.82. The fraction of sp³-hybridized carbons (Fsp3) is 0.867. The van der Waals surface area contributed by atoms with Gasteiger partial charge in [-0.2, -0.15) is 5.26 Å². The van der Waals surface area contributed by atoms with E-state index in [1.807, 2.05) is 26.8 Å². The second-order valence-electron chi connectivity index (χ2n) is 6.38. The van der Waals surface area contributed by atoms with Gasteiger partial charge in [-0.15, -0.1) is 0 Å². The number of carbonyl (C=O) groups is 1. The van der Waals surface area contributed by atoms with Crippen molar-refractivity contribution < 1.29 is 23.1 Å². The van der Waals surface area contributed by atoms with Gasteiger partial charge in [0.1, 0.15) is 5.60 Å². The molecule has 0 aliphatic carbocycles. The molecule has 1 rings (SSSR count). The van der Waals surface area contributed by atoms with Gasteiger partial charge in [0.2, 0.25) is 5.78 Å². The maximum absolute atomic E-state index is 12.8. The number of carbonyl (C=O) groups excluding carboxylic acids is 1. The van der Waals surface area contributed by atoms with E-state index in [2.05, 4.69) is 0 Å². The monoisotopic (exact) mass is 361 g/mol. The minimum absolute atomic E-state index is 0.202. The highest BCUT2D eigenvalue weighted by atomic mass is 31.2. The van der Waals surface area contributed by atoms with Crippen LogP contribution in [0.5, 0.6) is 0 Å². The van der Waals surface area contributed by atoms with Crippen LogP contribution in [0.1, 0.15) is 34.6 Å². The molecule has 0 aromatic carbocycles. The van der Waals surface area contributed by atoms with E-state index in [9.17, 15) is 14.6 Å². The Balaban J connectivity index is 2.72. The lowest BCUT2D eigenvalue weighted by atomic mass is 10.2. The van der Waals surface area contributed by atoms with Crippen molar-refractivity contribution in [1.29, 1.82) is 5.26 Å². The topological polar surface area (TPSA) is 92.1 Å². The number of amides is 1. The number of nitrogens with zero attached hydrogens (tertiary/aromatic N) is 3. The van der Waals surface area contributed by atoms with Crippen LogP contribution in [0.25, 0.3) is 0 Å². The highest BCUT2D eigenvalue weighted by molar-refractivity contribution is 7.54. The molecule has 0 radical (unpaired) electrons. The van der Waals surface area contributed by atoms with Crippen molar-refractivity contribution in [3.63, 3.8) is 0 Å². The van der Waals surface area contributed by atoms with Crippen LogP contribution >= 0.6 is 7.60 Å². The SMILES string of the molecule is CCOP(=O)(OCC)C(C#N)N1CCN(C(=O)OC(C)(C)C)CC1. The van der Waals surface area contributed by atoms with Gasteiger partial charge in [-0.25, -0.2) is 4.79 Å². The van der Waals surface area contributed by atoms with E-state index in [4.69, 9.17) is 13.8 Å². The van der Waals surface area contributed by atoms with Crippen molar-refractivity contribution in [2.75, 3.05) is 39.4 Å². The van der Waals surface area contributed by atoms with Crippen LogP contribution in [0.4, 0.5) is 4.79 Å².